The molecule has 0 saturated heterocycles. The van der Waals surface area contributed by atoms with Gasteiger partial charge in [0.1, 0.15) is 10.8 Å². The molecule has 4 N–H and O–H groups in total. The highest BCUT2D eigenvalue weighted by molar-refractivity contribution is 8.26. The number of hydrogen-bond donors (Lipinski definition) is 4. The van der Waals surface area contributed by atoms with E-state index < -0.39 is 0 Å². The Morgan fingerprint density at radius 1 is 1.00 bits per heavy atom. The van der Waals surface area contributed by atoms with Crippen molar-refractivity contribution in [1.29, 1.82) is 10.8 Å². The predicted octanol–water partition coefficient (Wildman–Crippen LogP) is 5.50. The van der Waals surface area contributed by atoms with Crippen LogP contribution in [0.15, 0.2) is 66.7 Å². The highest BCUT2D eigenvalue weighted by Gasteiger charge is 2.28. The van der Waals surface area contributed by atoms with Gasteiger partial charge < -0.3 is 20.3 Å². The number of hydrazine groups is 1. The minimum Gasteiger partial charge on any atom is -0.455 e. The first-order valence-corrected chi connectivity index (χ1v) is 15.9. The molecule has 1 heterocycles. The Morgan fingerprint density at radius 3 is 2.29 bits per heavy atom. The number of rotatable bonds is 13. The molecule has 0 atom stereocenters. The lowest BCUT2D eigenvalue weighted by atomic mass is 10.1. The van der Waals surface area contributed by atoms with Crippen LogP contribution in [0, 0.1) is 10.8 Å². The molecule has 238 valence electrons. The number of benzene rings is 3. The summed E-state index contributed by atoms with van der Waals surface area (Å²) < 4.78 is 6.26. The second-order valence-electron chi connectivity index (χ2n) is 11.0. The van der Waals surface area contributed by atoms with Crippen molar-refractivity contribution in [2.24, 2.45) is 0 Å². The number of amides is 2. The van der Waals surface area contributed by atoms with Crippen molar-refractivity contribution in [1.82, 2.24) is 20.7 Å². The summed E-state index contributed by atoms with van der Waals surface area (Å²) in [5, 5.41) is 27.2. The standard InChI is InChI=1S/C33H40ClN7O3S/c1-22(2)37-15-16-38-31(42)20-40(21-32(43)39(4)41-18-25-7-5-6-8-26(25)19-41)29-17-24(33(36)45-23(3)35)9-14-30(29)44-28-12-10-27(34)11-13-28/h5-14,17,22,35-37H,15-16,18-21H2,1-4H3,(H,38,42). The molecule has 3 aromatic rings. The molecule has 0 spiro atoms. The fourth-order valence-electron chi connectivity index (χ4n) is 4.80. The van der Waals surface area contributed by atoms with Crippen molar-refractivity contribution in [3.8, 4) is 11.5 Å². The number of carbonyl (C=O) groups is 2. The molecule has 0 fully saturated rings. The van der Waals surface area contributed by atoms with Crippen molar-refractivity contribution >= 4 is 51.0 Å². The Balaban J connectivity index is 1.64. The van der Waals surface area contributed by atoms with Gasteiger partial charge in [-0.15, -0.1) is 0 Å². The van der Waals surface area contributed by atoms with Gasteiger partial charge in [-0.2, -0.15) is 0 Å². The Kier molecular flexibility index (Phi) is 12.0. The van der Waals surface area contributed by atoms with Crippen LogP contribution in [0.4, 0.5) is 5.69 Å². The third-order valence-electron chi connectivity index (χ3n) is 7.13. The van der Waals surface area contributed by atoms with E-state index >= 15 is 0 Å². The summed E-state index contributed by atoms with van der Waals surface area (Å²) in [5.41, 5.74) is 3.35. The van der Waals surface area contributed by atoms with Gasteiger partial charge in [0.25, 0.3) is 5.91 Å². The summed E-state index contributed by atoms with van der Waals surface area (Å²) in [6, 6.07) is 20.5. The van der Waals surface area contributed by atoms with Crippen LogP contribution in [0.2, 0.25) is 5.02 Å². The van der Waals surface area contributed by atoms with Gasteiger partial charge in [0.15, 0.2) is 5.75 Å². The maximum Gasteiger partial charge on any atom is 0.256 e. The number of hydrogen-bond acceptors (Lipinski definition) is 9. The zero-order chi connectivity index (χ0) is 32.5. The smallest absolute Gasteiger partial charge is 0.256 e. The summed E-state index contributed by atoms with van der Waals surface area (Å²) in [4.78, 5) is 28.8. The molecule has 0 bridgehead atoms. The number of fused-ring (bicyclic) bond motifs is 1. The zero-order valence-electron chi connectivity index (χ0n) is 26.0. The lowest BCUT2D eigenvalue weighted by Crippen LogP contribution is -2.48. The second kappa shape index (κ2) is 15.9. The molecule has 0 aliphatic carbocycles. The van der Waals surface area contributed by atoms with Crippen LogP contribution in [-0.2, 0) is 22.7 Å². The summed E-state index contributed by atoms with van der Waals surface area (Å²) in [6.07, 6.45) is 0. The first kappa shape index (κ1) is 34.0. The van der Waals surface area contributed by atoms with Crippen LogP contribution in [-0.4, -0.2) is 71.2 Å². The number of anilines is 1. The van der Waals surface area contributed by atoms with Crippen LogP contribution >= 0.6 is 23.4 Å². The largest absolute Gasteiger partial charge is 0.455 e. The van der Waals surface area contributed by atoms with Gasteiger partial charge >= 0.3 is 0 Å². The number of thioether (sulfide) groups is 1. The molecule has 10 nitrogen and oxygen atoms in total. The van der Waals surface area contributed by atoms with E-state index in [1.165, 1.54) is 11.1 Å². The van der Waals surface area contributed by atoms with Crippen LogP contribution in [0.5, 0.6) is 11.5 Å². The average molecular weight is 650 g/mol. The van der Waals surface area contributed by atoms with Gasteiger partial charge in [-0.3, -0.25) is 25.4 Å². The Labute approximate surface area is 274 Å². The molecule has 0 saturated carbocycles. The molecule has 4 rings (SSSR count). The number of likely N-dealkylation sites (N-methyl/N-ethyl adjacent to an activating group) is 1. The normalized spacial score (nSPS) is 12.5. The summed E-state index contributed by atoms with van der Waals surface area (Å²) >= 11 is 7.11. The van der Waals surface area contributed by atoms with Crippen molar-refractivity contribution in [3.63, 3.8) is 0 Å². The van der Waals surface area contributed by atoms with E-state index in [1.807, 2.05) is 31.0 Å². The quantitative estimate of drug-likeness (QED) is 0.110. The van der Waals surface area contributed by atoms with Crippen molar-refractivity contribution in [2.75, 3.05) is 38.1 Å². The minimum atomic E-state index is -0.257. The van der Waals surface area contributed by atoms with Gasteiger partial charge in [0.2, 0.25) is 5.91 Å². The third-order valence-corrected chi connectivity index (χ3v) is 8.13. The van der Waals surface area contributed by atoms with Crippen LogP contribution in [0.3, 0.4) is 0 Å². The monoisotopic (exact) mass is 649 g/mol. The van der Waals surface area contributed by atoms with Gasteiger partial charge in [0, 0.05) is 49.9 Å². The van der Waals surface area contributed by atoms with E-state index in [4.69, 9.17) is 27.2 Å². The van der Waals surface area contributed by atoms with E-state index in [-0.39, 0.29) is 41.0 Å². The maximum atomic E-state index is 13.8. The Bertz CT molecular complexity index is 1510. The summed E-state index contributed by atoms with van der Waals surface area (Å²) in [7, 11) is 1.74. The van der Waals surface area contributed by atoms with Gasteiger partial charge in [-0.05, 0) is 60.5 Å². The molecule has 0 unspecified atom stereocenters. The zero-order valence-corrected chi connectivity index (χ0v) is 27.6. The second-order valence-corrected chi connectivity index (χ2v) is 12.7. The third kappa shape index (κ3) is 9.79. The SMILES string of the molecule is CC(=N)SC(=N)c1ccc(Oc2ccc(Cl)cc2)c(N(CC(=O)NCCNC(C)C)CC(=O)N(C)N2Cc3ccccc3C2)c1. The van der Waals surface area contributed by atoms with Gasteiger partial charge in [0.05, 0.1) is 23.8 Å². The van der Waals surface area contributed by atoms with E-state index in [0.29, 0.717) is 54.0 Å². The van der Waals surface area contributed by atoms with E-state index in [0.717, 1.165) is 11.8 Å². The van der Waals surface area contributed by atoms with Crippen molar-refractivity contribution in [3.05, 3.63) is 88.4 Å². The minimum absolute atomic E-state index is 0.119. The predicted molar refractivity (Wildman–Crippen MR) is 183 cm³/mol. The first-order valence-electron chi connectivity index (χ1n) is 14.7. The molecule has 3 aromatic carbocycles. The van der Waals surface area contributed by atoms with Gasteiger partial charge in [-0.1, -0.05) is 61.5 Å². The topological polar surface area (TPSA) is 125 Å². The number of ether oxygens (including phenoxy) is 1. The number of nitrogens with zero attached hydrogens (tertiary/aromatic N) is 3. The average Bonchev–Trinajstić information content (AvgIpc) is 3.44. The molecule has 12 heteroatoms. The van der Waals surface area contributed by atoms with Crippen molar-refractivity contribution in [2.45, 2.75) is 39.9 Å². The summed E-state index contributed by atoms with van der Waals surface area (Å²) in [5.74, 6) is 0.464. The molecule has 2 amide bonds. The van der Waals surface area contributed by atoms with Crippen LogP contribution in [0.1, 0.15) is 37.5 Å². The van der Waals surface area contributed by atoms with E-state index in [2.05, 4.69) is 22.8 Å². The number of halogens is 1. The highest BCUT2D eigenvalue weighted by Crippen LogP contribution is 2.35. The fraction of sp³-hybridized carbons (Fsp3) is 0.333. The van der Waals surface area contributed by atoms with Gasteiger partial charge in [-0.25, -0.2) is 5.01 Å². The number of carbonyl (C=O) groups excluding carboxylic acids is 2. The lowest BCUT2D eigenvalue weighted by Gasteiger charge is -2.32. The summed E-state index contributed by atoms with van der Waals surface area (Å²) in [6.45, 7) is 7.72. The van der Waals surface area contributed by atoms with E-state index in [1.54, 1.807) is 66.3 Å². The first-order chi connectivity index (χ1) is 21.5. The maximum absolute atomic E-state index is 13.8. The Hall–Kier alpha value is -3.90. The molecule has 0 radical (unpaired) electrons. The highest BCUT2D eigenvalue weighted by atomic mass is 35.5. The molecular formula is C33H40ClN7O3S. The fourth-order valence-corrected chi connectivity index (χ4v) is 5.48. The van der Waals surface area contributed by atoms with Crippen molar-refractivity contribution < 1.29 is 14.3 Å². The molecule has 0 aromatic heterocycles. The molecule has 1 aliphatic heterocycles. The lowest BCUT2D eigenvalue weighted by molar-refractivity contribution is -0.145. The number of nitrogens with one attached hydrogen (secondary N) is 4. The molecule has 1 aliphatic rings. The molecular weight excluding hydrogens is 610 g/mol. The van der Waals surface area contributed by atoms with Crippen LogP contribution < -0.4 is 20.3 Å². The molecule has 45 heavy (non-hydrogen) atoms. The van der Waals surface area contributed by atoms with Crippen LogP contribution in [0.25, 0.3) is 0 Å². The van der Waals surface area contributed by atoms with E-state index in [9.17, 15) is 9.59 Å². The Morgan fingerprint density at radius 2 is 1.67 bits per heavy atom.